The van der Waals surface area contributed by atoms with Gasteiger partial charge >= 0.3 is 6.01 Å². The number of amides is 2. The van der Waals surface area contributed by atoms with E-state index in [0.29, 0.717) is 37.8 Å². The third-order valence-electron chi connectivity index (χ3n) is 5.10. The van der Waals surface area contributed by atoms with Crippen molar-refractivity contribution in [2.75, 3.05) is 25.0 Å². The Labute approximate surface area is 147 Å². The minimum absolute atomic E-state index is 0.00448. The molecule has 2 aliphatic heterocycles. The lowest BCUT2D eigenvalue weighted by atomic mass is 9.97. The monoisotopic (exact) mass is 349 g/mol. The fourth-order valence-corrected chi connectivity index (χ4v) is 3.37. The lowest BCUT2D eigenvalue weighted by molar-refractivity contribution is -0.137. The van der Waals surface area contributed by atoms with Gasteiger partial charge in [0.2, 0.25) is 17.7 Å². The zero-order chi connectivity index (χ0) is 18.4. The number of nitrogens with zero attached hydrogens (tertiary/aromatic N) is 4. The van der Waals surface area contributed by atoms with Crippen LogP contribution in [-0.2, 0) is 15.0 Å². The zero-order valence-corrected chi connectivity index (χ0v) is 15.6. The smallest absolute Gasteiger partial charge is 0.318 e. The van der Waals surface area contributed by atoms with Crippen LogP contribution in [0.25, 0.3) is 0 Å². The van der Waals surface area contributed by atoms with Crippen molar-refractivity contribution >= 4 is 17.8 Å². The van der Waals surface area contributed by atoms with Gasteiger partial charge in [-0.15, -0.1) is 5.10 Å². The quantitative estimate of drug-likeness (QED) is 0.878. The number of anilines is 1. The Morgan fingerprint density at radius 1 is 1.40 bits per heavy atom. The maximum absolute atomic E-state index is 12.8. The molecule has 0 aromatic carbocycles. The van der Waals surface area contributed by atoms with E-state index in [2.05, 4.69) is 15.5 Å². The predicted molar refractivity (Wildman–Crippen MR) is 92.2 cm³/mol. The van der Waals surface area contributed by atoms with Crippen LogP contribution in [0.4, 0.5) is 6.01 Å². The van der Waals surface area contributed by atoms with Crippen LogP contribution in [0.2, 0.25) is 0 Å². The third kappa shape index (κ3) is 3.34. The Morgan fingerprint density at radius 2 is 2.12 bits per heavy atom. The summed E-state index contributed by atoms with van der Waals surface area (Å²) in [4.78, 5) is 28.1. The van der Waals surface area contributed by atoms with Crippen LogP contribution in [0.3, 0.4) is 0 Å². The van der Waals surface area contributed by atoms with Gasteiger partial charge in [0, 0.05) is 32.0 Å². The first-order chi connectivity index (χ1) is 11.6. The minimum Gasteiger partial charge on any atom is -0.407 e. The van der Waals surface area contributed by atoms with E-state index in [9.17, 15) is 9.59 Å². The molecule has 3 heterocycles. The van der Waals surface area contributed by atoms with Gasteiger partial charge in [-0.3, -0.25) is 9.59 Å². The van der Waals surface area contributed by atoms with Crippen molar-refractivity contribution in [2.24, 2.45) is 0 Å². The first-order valence-corrected chi connectivity index (χ1v) is 8.77. The van der Waals surface area contributed by atoms with E-state index in [1.54, 1.807) is 0 Å². The van der Waals surface area contributed by atoms with Gasteiger partial charge in [0.1, 0.15) is 5.54 Å². The van der Waals surface area contributed by atoms with Gasteiger partial charge in [0.05, 0.1) is 6.04 Å². The highest BCUT2D eigenvalue weighted by molar-refractivity contribution is 5.94. The highest BCUT2D eigenvalue weighted by atomic mass is 16.4. The molecule has 0 radical (unpaired) electrons. The van der Waals surface area contributed by atoms with E-state index in [0.717, 1.165) is 6.42 Å². The highest BCUT2D eigenvalue weighted by Gasteiger charge is 2.44. The number of hydrogen-bond donors (Lipinski definition) is 1. The van der Waals surface area contributed by atoms with Crippen LogP contribution in [-0.4, -0.2) is 58.6 Å². The largest absolute Gasteiger partial charge is 0.407 e. The molecule has 0 aliphatic carbocycles. The Balaban J connectivity index is 1.65. The van der Waals surface area contributed by atoms with E-state index in [1.165, 1.54) is 0 Å². The lowest BCUT2D eigenvalue weighted by Gasteiger charge is -2.29. The van der Waals surface area contributed by atoms with Gasteiger partial charge < -0.3 is 19.5 Å². The number of rotatable bonds is 3. The number of aromatic nitrogens is 2. The summed E-state index contributed by atoms with van der Waals surface area (Å²) in [6, 6.07) is 0.600. The molecule has 8 heteroatoms. The van der Waals surface area contributed by atoms with Crippen LogP contribution in [0.5, 0.6) is 0 Å². The second kappa shape index (κ2) is 6.00. The van der Waals surface area contributed by atoms with Crippen molar-refractivity contribution in [1.29, 1.82) is 0 Å². The molecule has 0 saturated carbocycles. The normalized spacial score (nSPS) is 26.8. The number of likely N-dealkylation sites (tertiary alicyclic amines) is 1. The van der Waals surface area contributed by atoms with Crippen molar-refractivity contribution in [2.45, 2.75) is 64.0 Å². The van der Waals surface area contributed by atoms with E-state index in [1.807, 2.05) is 44.5 Å². The molecule has 3 rings (SSSR count). The molecule has 0 bridgehead atoms. The van der Waals surface area contributed by atoms with Crippen LogP contribution in [0.1, 0.15) is 52.8 Å². The molecule has 1 aromatic heterocycles. The number of hydrogen-bond acceptors (Lipinski definition) is 6. The van der Waals surface area contributed by atoms with E-state index >= 15 is 0 Å². The molecule has 2 amide bonds. The van der Waals surface area contributed by atoms with Gasteiger partial charge in [-0.1, -0.05) is 25.9 Å². The molecule has 2 unspecified atom stereocenters. The molecule has 2 saturated heterocycles. The van der Waals surface area contributed by atoms with E-state index in [4.69, 9.17) is 4.42 Å². The molecule has 1 N–H and O–H groups in total. The maximum Gasteiger partial charge on any atom is 0.318 e. The minimum atomic E-state index is -0.769. The molecular weight excluding hydrogens is 322 g/mol. The summed E-state index contributed by atoms with van der Waals surface area (Å²) in [6.07, 6.45) is 1.80. The van der Waals surface area contributed by atoms with Crippen LogP contribution in [0.15, 0.2) is 4.42 Å². The molecule has 0 spiro atoms. The fourth-order valence-electron chi connectivity index (χ4n) is 3.37. The topological polar surface area (TPSA) is 91.6 Å². The second-order valence-electron chi connectivity index (χ2n) is 8.32. The average molecular weight is 349 g/mol. The summed E-state index contributed by atoms with van der Waals surface area (Å²) < 4.78 is 5.79. The van der Waals surface area contributed by atoms with Crippen molar-refractivity contribution in [1.82, 2.24) is 20.4 Å². The molecule has 138 valence electrons. The van der Waals surface area contributed by atoms with Crippen molar-refractivity contribution in [3.63, 3.8) is 0 Å². The summed E-state index contributed by atoms with van der Waals surface area (Å²) in [7, 11) is 1.91. The summed E-state index contributed by atoms with van der Waals surface area (Å²) >= 11 is 0. The standard InChI is InChI=1S/C17H27N5O3/c1-16(2,3)13-19-20-15(25-13)21(5)11-7-9-22(10-11)14(24)17(4)8-6-12(23)18-17/h11H,6-10H2,1-5H3,(H,18,23). The van der Waals surface area contributed by atoms with Crippen molar-refractivity contribution in [3.8, 4) is 0 Å². The maximum atomic E-state index is 12.8. The number of carbonyl (C=O) groups is 2. The lowest BCUT2D eigenvalue weighted by Crippen LogP contribution is -2.53. The van der Waals surface area contributed by atoms with Gasteiger partial charge in [-0.05, 0) is 19.8 Å². The molecule has 25 heavy (non-hydrogen) atoms. The van der Waals surface area contributed by atoms with Crippen LogP contribution >= 0.6 is 0 Å². The van der Waals surface area contributed by atoms with Crippen LogP contribution in [0, 0.1) is 0 Å². The molecule has 2 atom stereocenters. The van der Waals surface area contributed by atoms with Gasteiger partial charge in [0.25, 0.3) is 0 Å². The average Bonchev–Trinajstić information content (AvgIpc) is 3.24. The number of likely N-dealkylation sites (N-methyl/N-ethyl adjacent to an activating group) is 1. The SMILES string of the molecule is CN(c1nnc(C(C)(C)C)o1)C1CCN(C(=O)C2(C)CCC(=O)N2)C1. The Morgan fingerprint density at radius 3 is 2.68 bits per heavy atom. The highest BCUT2D eigenvalue weighted by Crippen LogP contribution is 2.28. The van der Waals surface area contributed by atoms with Gasteiger partial charge in [0.15, 0.2) is 0 Å². The molecular formula is C17H27N5O3. The molecule has 8 nitrogen and oxygen atoms in total. The third-order valence-corrected chi connectivity index (χ3v) is 5.10. The van der Waals surface area contributed by atoms with Crippen LogP contribution < -0.4 is 10.2 Å². The first-order valence-electron chi connectivity index (χ1n) is 8.77. The Hall–Kier alpha value is -2.12. The summed E-state index contributed by atoms with van der Waals surface area (Å²) in [6.45, 7) is 9.14. The first kappa shape index (κ1) is 17.7. The van der Waals surface area contributed by atoms with E-state index < -0.39 is 5.54 Å². The summed E-state index contributed by atoms with van der Waals surface area (Å²) in [5.41, 5.74) is -0.965. The van der Waals surface area contributed by atoms with E-state index in [-0.39, 0.29) is 23.3 Å². The number of nitrogens with one attached hydrogen (secondary N) is 1. The zero-order valence-electron chi connectivity index (χ0n) is 15.6. The molecule has 2 aliphatic rings. The van der Waals surface area contributed by atoms with Gasteiger partial charge in [-0.2, -0.15) is 0 Å². The summed E-state index contributed by atoms with van der Waals surface area (Å²) in [5, 5.41) is 11.1. The van der Waals surface area contributed by atoms with Gasteiger partial charge in [-0.25, -0.2) is 0 Å². The fraction of sp³-hybridized carbons (Fsp3) is 0.765. The Kier molecular flexibility index (Phi) is 4.25. The second-order valence-corrected chi connectivity index (χ2v) is 8.32. The Bertz CT molecular complexity index is 680. The van der Waals surface area contributed by atoms with Crippen molar-refractivity contribution < 1.29 is 14.0 Å². The summed E-state index contributed by atoms with van der Waals surface area (Å²) in [5.74, 6) is 0.543. The predicted octanol–water partition coefficient (Wildman–Crippen LogP) is 1.07. The molecule has 1 aromatic rings. The number of carbonyl (C=O) groups excluding carboxylic acids is 2. The van der Waals surface area contributed by atoms with Crippen molar-refractivity contribution in [3.05, 3.63) is 5.89 Å². The molecule has 2 fully saturated rings.